The van der Waals surface area contributed by atoms with Crippen molar-refractivity contribution in [3.05, 3.63) is 45.4 Å². The number of aromatic nitrogens is 1. The average Bonchev–Trinajstić information content (AvgIpc) is 3.07. The standard InChI is InChI=1S/C20H29N5O2S/c1-7-27-19(26)17-13(2)23-18(28-17)14(3)24-20(21-4)22-12-15-8-10-16(11-9-15)25(5)6/h8-11,14H,7,12H2,1-6H3,(H2,21,22,24). The Morgan fingerprint density at radius 1 is 1.32 bits per heavy atom. The third-order valence-electron chi connectivity index (χ3n) is 4.13. The number of nitrogens with zero attached hydrogens (tertiary/aromatic N) is 3. The molecule has 0 fully saturated rings. The molecular weight excluding hydrogens is 374 g/mol. The number of hydrogen-bond acceptors (Lipinski definition) is 6. The molecule has 152 valence electrons. The van der Waals surface area contributed by atoms with E-state index >= 15 is 0 Å². The van der Waals surface area contributed by atoms with E-state index in [2.05, 4.69) is 49.8 Å². The van der Waals surface area contributed by atoms with Crippen LogP contribution >= 0.6 is 11.3 Å². The molecule has 0 aliphatic carbocycles. The van der Waals surface area contributed by atoms with E-state index in [-0.39, 0.29) is 12.0 Å². The predicted octanol–water partition coefficient (Wildman–Crippen LogP) is 3.12. The van der Waals surface area contributed by atoms with Gasteiger partial charge in [-0.1, -0.05) is 12.1 Å². The molecule has 0 aliphatic heterocycles. The molecule has 2 N–H and O–H groups in total. The lowest BCUT2D eigenvalue weighted by Crippen LogP contribution is -2.38. The van der Waals surface area contributed by atoms with Gasteiger partial charge in [0.05, 0.1) is 18.3 Å². The molecule has 1 heterocycles. The van der Waals surface area contributed by atoms with Gasteiger partial charge < -0.3 is 20.3 Å². The van der Waals surface area contributed by atoms with Gasteiger partial charge in [-0.3, -0.25) is 4.99 Å². The number of carbonyl (C=O) groups is 1. The second-order valence-corrected chi connectivity index (χ2v) is 7.57. The highest BCUT2D eigenvalue weighted by Gasteiger charge is 2.20. The van der Waals surface area contributed by atoms with E-state index in [1.165, 1.54) is 11.3 Å². The summed E-state index contributed by atoms with van der Waals surface area (Å²) in [6.07, 6.45) is 0. The zero-order valence-electron chi connectivity index (χ0n) is 17.4. The van der Waals surface area contributed by atoms with E-state index in [9.17, 15) is 4.79 Å². The Labute approximate surface area is 170 Å². The van der Waals surface area contributed by atoms with E-state index in [0.29, 0.717) is 29.7 Å². The molecule has 0 spiro atoms. The maximum absolute atomic E-state index is 12.0. The molecule has 0 saturated heterocycles. The first kappa shape index (κ1) is 21.7. The third-order valence-corrected chi connectivity index (χ3v) is 5.45. The van der Waals surface area contributed by atoms with Crippen molar-refractivity contribution < 1.29 is 9.53 Å². The number of carbonyl (C=O) groups excluding carboxylic acids is 1. The van der Waals surface area contributed by atoms with Crippen LogP contribution in [-0.4, -0.2) is 44.7 Å². The van der Waals surface area contributed by atoms with Crippen molar-refractivity contribution in [2.24, 2.45) is 4.99 Å². The maximum atomic E-state index is 12.0. The number of ether oxygens (including phenoxy) is 1. The lowest BCUT2D eigenvalue weighted by molar-refractivity contribution is 0.0531. The summed E-state index contributed by atoms with van der Waals surface area (Å²) in [5.41, 5.74) is 3.02. The average molecular weight is 404 g/mol. The Kier molecular flexibility index (Phi) is 7.80. The number of hydrogen-bond donors (Lipinski definition) is 2. The van der Waals surface area contributed by atoms with E-state index < -0.39 is 0 Å². The summed E-state index contributed by atoms with van der Waals surface area (Å²) in [6, 6.07) is 8.27. The number of anilines is 1. The molecule has 0 amide bonds. The highest BCUT2D eigenvalue weighted by atomic mass is 32.1. The van der Waals surface area contributed by atoms with Crippen molar-refractivity contribution in [3.63, 3.8) is 0 Å². The topological polar surface area (TPSA) is 78.8 Å². The van der Waals surface area contributed by atoms with E-state index in [1.807, 2.05) is 27.9 Å². The van der Waals surface area contributed by atoms with Gasteiger partial charge in [-0.2, -0.15) is 0 Å². The van der Waals surface area contributed by atoms with Crippen molar-refractivity contribution in [3.8, 4) is 0 Å². The monoisotopic (exact) mass is 403 g/mol. The predicted molar refractivity (Wildman–Crippen MR) is 115 cm³/mol. The molecular formula is C20H29N5O2S. The van der Waals surface area contributed by atoms with Gasteiger partial charge in [0.2, 0.25) is 0 Å². The molecule has 2 rings (SSSR count). The molecule has 0 saturated carbocycles. The normalized spacial score (nSPS) is 12.4. The van der Waals surface area contributed by atoms with Gasteiger partial charge in [0.25, 0.3) is 0 Å². The fourth-order valence-corrected chi connectivity index (χ4v) is 3.51. The third kappa shape index (κ3) is 5.69. The zero-order chi connectivity index (χ0) is 20.7. The summed E-state index contributed by atoms with van der Waals surface area (Å²) in [4.78, 5) is 23.4. The minimum absolute atomic E-state index is 0.0887. The molecule has 1 unspecified atom stereocenters. The van der Waals surface area contributed by atoms with Crippen molar-refractivity contribution in [2.45, 2.75) is 33.4 Å². The Bertz CT molecular complexity index is 815. The number of benzene rings is 1. The van der Waals surface area contributed by atoms with Crippen molar-refractivity contribution >= 4 is 29.0 Å². The van der Waals surface area contributed by atoms with Crippen LogP contribution in [0.5, 0.6) is 0 Å². The van der Waals surface area contributed by atoms with Gasteiger partial charge in [0, 0.05) is 33.4 Å². The molecule has 0 radical (unpaired) electrons. The molecule has 28 heavy (non-hydrogen) atoms. The van der Waals surface area contributed by atoms with Gasteiger partial charge in [0.15, 0.2) is 5.96 Å². The molecule has 2 aromatic rings. The quantitative estimate of drug-likeness (QED) is 0.420. The summed E-state index contributed by atoms with van der Waals surface area (Å²) in [7, 11) is 5.77. The minimum atomic E-state index is -0.320. The largest absolute Gasteiger partial charge is 0.462 e. The van der Waals surface area contributed by atoms with Crippen molar-refractivity contribution in [1.29, 1.82) is 0 Å². The molecule has 1 aromatic heterocycles. The van der Waals surface area contributed by atoms with Gasteiger partial charge in [-0.25, -0.2) is 9.78 Å². The molecule has 1 aromatic carbocycles. The first-order valence-corrected chi connectivity index (χ1v) is 10.0. The highest BCUT2D eigenvalue weighted by Crippen LogP contribution is 2.24. The van der Waals surface area contributed by atoms with Crippen molar-refractivity contribution in [1.82, 2.24) is 15.6 Å². The summed E-state index contributed by atoms with van der Waals surface area (Å²) in [6.45, 7) is 6.62. The van der Waals surface area contributed by atoms with Crippen LogP contribution in [0, 0.1) is 6.92 Å². The molecule has 0 aliphatic rings. The van der Waals surface area contributed by atoms with Gasteiger partial charge in [0.1, 0.15) is 9.88 Å². The number of esters is 1. The van der Waals surface area contributed by atoms with E-state index in [0.717, 1.165) is 16.3 Å². The maximum Gasteiger partial charge on any atom is 0.350 e. The summed E-state index contributed by atoms with van der Waals surface area (Å²) < 4.78 is 5.09. The molecule has 0 bridgehead atoms. The van der Waals surface area contributed by atoms with Crippen LogP contribution in [0.4, 0.5) is 5.69 Å². The number of thiazole rings is 1. The van der Waals surface area contributed by atoms with Gasteiger partial charge in [-0.05, 0) is 38.5 Å². The lowest BCUT2D eigenvalue weighted by Gasteiger charge is -2.17. The number of guanidine groups is 1. The minimum Gasteiger partial charge on any atom is -0.462 e. The van der Waals surface area contributed by atoms with Crippen LogP contribution in [0.2, 0.25) is 0 Å². The first-order valence-electron chi connectivity index (χ1n) is 9.23. The smallest absolute Gasteiger partial charge is 0.350 e. The van der Waals surface area contributed by atoms with Crippen LogP contribution in [0.15, 0.2) is 29.3 Å². The Morgan fingerprint density at radius 3 is 2.57 bits per heavy atom. The number of aliphatic imine (C=N–C) groups is 1. The summed E-state index contributed by atoms with van der Waals surface area (Å²) in [5, 5.41) is 7.45. The second-order valence-electron chi connectivity index (χ2n) is 6.54. The zero-order valence-corrected chi connectivity index (χ0v) is 18.2. The summed E-state index contributed by atoms with van der Waals surface area (Å²) in [5.74, 6) is 0.356. The lowest BCUT2D eigenvalue weighted by atomic mass is 10.2. The first-order chi connectivity index (χ1) is 13.3. The Balaban J connectivity index is 1.97. The van der Waals surface area contributed by atoms with Gasteiger partial charge in [-0.15, -0.1) is 11.3 Å². The fraction of sp³-hybridized carbons (Fsp3) is 0.450. The van der Waals surface area contributed by atoms with Crippen LogP contribution in [0.25, 0.3) is 0 Å². The van der Waals surface area contributed by atoms with E-state index in [4.69, 9.17) is 4.74 Å². The van der Waals surface area contributed by atoms with E-state index in [1.54, 1.807) is 14.0 Å². The second kappa shape index (κ2) is 10.1. The SMILES string of the molecule is CCOC(=O)c1sc(C(C)NC(=NC)NCc2ccc(N(C)C)cc2)nc1C. The number of aryl methyl sites for hydroxylation is 1. The van der Waals surface area contributed by atoms with Crippen LogP contribution in [0.3, 0.4) is 0 Å². The van der Waals surface area contributed by atoms with Crippen LogP contribution in [-0.2, 0) is 11.3 Å². The summed E-state index contributed by atoms with van der Waals surface area (Å²) >= 11 is 1.35. The number of nitrogens with one attached hydrogen (secondary N) is 2. The molecule has 1 atom stereocenters. The van der Waals surface area contributed by atoms with Gasteiger partial charge >= 0.3 is 5.97 Å². The van der Waals surface area contributed by atoms with Crippen LogP contribution < -0.4 is 15.5 Å². The highest BCUT2D eigenvalue weighted by molar-refractivity contribution is 7.13. The van der Waals surface area contributed by atoms with Crippen LogP contribution in [0.1, 0.15) is 45.8 Å². The molecule has 8 heteroatoms. The van der Waals surface area contributed by atoms with Crippen molar-refractivity contribution in [2.75, 3.05) is 32.6 Å². The number of rotatable bonds is 7. The Hall–Kier alpha value is -2.61. The Morgan fingerprint density at radius 2 is 2.00 bits per heavy atom. The fourth-order valence-electron chi connectivity index (χ4n) is 2.55. The molecule has 7 nitrogen and oxygen atoms in total.